The van der Waals surface area contributed by atoms with Gasteiger partial charge in [-0.25, -0.2) is 0 Å². The average Bonchev–Trinajstić information content (AvgIpc) is 3.34. The minimum Gasteiger partial charge on any atom is -0.459 e. The Hall–Kier alpha value is -4.62. The fourth-order valence-corrected chi connectivity index (χ4v) is 6.24. The van der Waals surface area contributed by atoms with Crippen molar-refractivity contribution >= 4 is 23.5 Å². The van der Waals surface area contributed by atoms with Crippen molar-refractivity contribution in [3.63, 3.8) is 0 Å². The third-order valence-corrected chi connectivity index (χ3v) is 8.64. The number of carbonyl (C=O) groups excluding carboxylic acids is 3. The summed E-state index contributed by atoms with van der Waals surface area (Å²) in [5, 5.41) is 6.30. The van der Waals surface area contributed by atoms with Crippen LogP contribution >= 0.6 is 0 Å². The summed E-state index contributed by atoms with van der Waals surface area (Å²) in [6.45, 7) is 7.70. The molecule has 2 aliphatic carbocycles. The van der Waals surface area contributed by atoms with Crippen LogP contribution in [0.1, 0.15) is 86.5 Å². The van der Waals surface area contributed by atoms with E-state index in [2.05, 4.69) is 35.5 Å². The van der Waals surface area contributed by atoms with Gasteiger partial charge in [-0.05, 0) is 71.6 Å². The second-order valence-electron chi connectivity index (χ2n) is 12.0. The molecule has 2 aliphatic rings. The van der Waals surface area contributed by atoms with Crippen molar-refractivity contribution in [3.8, 4) is 11.3 Å². The summed E-state index contributed by atoms with van der Waals surface area (Å²) in [5.74, 6) is 0.124. The predicted octanol–water partition coefficient (Wildman–Crippen LogP) is 6.26. The van der Waals surface area contributed by atoms with Gasteiger partial charge in [0.1, 0.15) is 11.5 Å². The van der Waals surface area contributed by atoms with Gasteiger partial charge in [-0.1, -0.05) is 56.3 Å². The molecular formula is C36H35N3O4. The molecule has 0 spiro atoms. The van der Waals surface area contributed by atoms with E-state index >= 15 is 0 Å². The van der Waals surface area contributed by atoms with Crippen LogP contribution in [0, 0.1) is 6.92 Å². The smallest absolute Gasteiger partial charge is 0.244 e. The molecule has 43 heavy (non-hydrogen) atoms. The van der Waals surface area contributed by atoms with Gasteiger partial charge in [0.05, 0.1) is 12.1 Å². The quantitative estimate of drug-likeness (QED) is 0.191. The van der Waals surface area contributed by atoms with Gasteiger partial charge in [0.15, 0.2) is 0 Å². The first-order valence-corrected chi connectivity index (χ1v) is 14.8. The van der Waals surface area contributed by atoms with Gasteiger partial charge in [0.25, 0.3) is 0 Å². The Morgan fingerprint density at radius 2 is 1.72 bits per heavy atom. The van der Waals surface area contributed by atoms with E-state index in [1.54, 1.807) is 18.5 Å². The van der Waals surface area contributed by atoms with E-state index in [-0.39, 0.29) is 11.3 Å². The molecule has 0 aliphatic heterocycles. The number of ketones is 2. The fourth-order valence-electron chi connectivity index (χ4n) is 6.24. The normalized spacial score (nSPS) is 15.2. The monoisotopic (exact) mass is 573 g/mol. The third-order valence-electron chi connectivity index (χ3n) is 8.64. The number of amides is 1. The second-order valence-corrected chi connectivity index (χ2v) is 12.0. The van der Waals surface area contributed by atoms with Gasteiger partial charge >= 0.3 is 0 Å². The highest BCUT2D eigenvalue weighted by Crippen LogP contribution is 2.45. The second kappa shape index (κ2) is 11.6. The molecule has 0 fully saturated rings. The van der Waals surface area contributed by atoms with Crippen LogP contribution in [0.15, 0.2) is 71.4 Å². The standard InChI is InChI=1S/C36H35N3O4/c1-22-29(21-38-19-24-8-10-25(11-9-24)20-39-30(40)15-12-23-6-5-17-37-18-23)43-35-27-13-14-28-26(7-4-16-36(28,2)3)32(27)34(42)33(41)31(22)35/h5-6,8-15,17-18,38H,4,7,16,19-21H2,1-3H3,(H,39,40)/b15-12+. The molecule has 1 amide bonds. The van der Waals surface area contributed by atoms with Crippen LogP contribution in [0.3, 0.4) is 0 Å². The number of pyridine rings is 1. The van der Waals surface area contributed by atoms with Crippen molar-refractivity contribution in [2.75, 3.05) is 0 Å². The van der Waals surface area contributed by atoms with Gasteiger partial charge in [-0.3, -0.25) is 19.4 Å². The molecule has 0 atom stereocenters. The molecule has 0 saturated carbocycles. The molecule has 2 aromatic heterocycles. The largest absolute Gasteiger partial charge is 0.459 e. The lowest BCUT2D eigenvalue weighted by Crippen LogP contribution is -2.29. The highest BCUT2D eigenvalue weighted by molar-refractivity contribution is 6.53. The predicted molar refractivity (Wildman–Crippen MR) is 166 cm³/mol. The number of carbonyl (C=O) groups is 3. The van der Waals surface area contributed by atoms with Crippen molar-refractivity contribution in [3.05, 3.63) is 117 Å². The molecule has 0 radical (unpaired) electrons. The molecule has 218 valence electrons. The number of furan rings is 1. The van der Waals surface area contributed by atoms with Crippen LogP contribution in [-0.2, 0) is 36.3 Å². The summed E-state index contributed by atoms with van der Waals surface area (Å²) in [7, 11) is 0. The first-order valence-electron chi connectivity index (χ1n) is 14.8. The summed E-state index contributed by atoms with van der Waals surface area (Å²) in [4.78, 5) is 42.9. The van der Waals surface area contributed by atoms with Gasteiger partial charge in [0, 0.05) is 48.2 Å². The first kappa shape index (κ1) is 28.5. The lowest BCUT2D eigenvalue weighted by molar-refractivity contribution is -0.116. The SMILES string of the molecule is Cc1c(CNCc2ccc(CNC(=O)/C=C/c3cccnc3)cc2)oc2c1C(=O)C(=O)c1c-2ccc2c1CCCC2(C)C. The summed E-state index contributed by atoms with van der Waals surface area (Å²) in [5.41, 5.74) is 7.47. The Morgan fingerprint density at radius 3 is 2.47 bits per heavy atom. The number of nitrogens with zero attached hydrogens (tertiary/aromatic N) is 1. The molecule has 7 nitrogen and oxygen atoms in total. The van der Waals surface area contributed by atoms with E-state index in [9.17, 15) is 14.4 Å². The van der Waals surface area contributed by atoms with Crippen molar-refractivity contribution in [2.24, 2.45) is 0 Å². The highest BCUT2D eigenvalue weighted by atomic mass is 16.3. The number of hydrogen-bond donors (Lipinski definition) is 2. The number of aromatic nitrogens is 1. The zero-order valence-electron chi connectivity index (χ0n) is 24.8. The van der Waals surface area contributed by atoms with E-state index in [4.69, 9.17) is 4.42 Å². The molecule has 0 bridgehead atoms. The van der Waals surface area contributed by atoms with Gasteiger partial charge in [-0.2, -0.15) is 0 Å². The Bertz CT molecular complexity index is 1750. The van der Waals surface area contributed by atoms with Crippen LogP contribution in [-0.4, -0.2) is 22.5 Å². The van der Waals surface area contributed by atoms with E-state index in [1.807, 2.05) is 49.4 Å². The van der Waals surface area contributed by atoms with Crippen LogP contribution in [0.4, 0.5) is 0 Å². The maximum Gasteiger partial charge on any atom is 0.244 e. The van der Waals surface area contributed by atoms with E-state index in [0.717, 1.165) is 47.1 Å². The van der Waals surface area contributed by atoms with E-state index in [1.165, 1.54) is 11.6 Å². The van der Waals surface area contributed by atoms with Crippen LogP contribution in [0.25, 0.3) is 17.4 Å². The molecule has 7 heteroatoms. The number of rotatable bonds is 8. The fraction of sp³-hybridized carbons (Fsp3) is 0.278. The van der Waals surface area contributed by atoms with Crippen LogP contribution < -0.4 is 10.6 Å². The summed E-state index contributed by atoms with van der Waals surface area (Å²) >= 11 is 0. The zero-order valence-corrected chi connectivity index (χ0v) is 24.8. The average molecular weight is 574 g/mol. The number of hydrogen-bond acceptors (Lipinski definition) is 6. The Balaban J connectivity index is 1.09. The van der Waals surface area contributed by atoms with Gasteiger partial charge < -0.3 is 15.1 Å². The third kappa shape index (κ3) is 5.60. The summed E-state index contributed by atoms with van der Waals surface area (Å²) < 4.78 is 6.30. The maximum atomic E-state index is 13.4. The van der Waals surface area contributed by atoms with Crippen LogP contribution in [0.5, 0.6) is 0 Å². The van der Waals surface area contributed by atoms with Gasteiger partial charge in [0.2, 0.25) is 17.5 Å². The maximum absolute atomic E-state index is 13.4. The lowest BCUT2D eigenvalue weighted by atomic mass is 9.69. The minimum absolute atomic E-state index is 0.0233. The highest BCUT2D eigenvalue weighted by Gasteiger charge is 2.40. The Kier molecular flexibility index (Phi) is 7.67. The molecular weight excluding hydrogens is 538 g/mol. The number of Topliss-reactive ketones (excluding diaryl/α,β-unsaturated/α-hetero) is 2. The minimum atomic E-state index is -0.470. The summed E-state index contributed by atoms with van der Waals surface area (Å²) in [6.07, 6.45) is 9.48. The zero-order chi connectivity index (χ0) is 30.1. The van der Waals surface area contributed by atoms with Crippen molar-refractivity contribution in [1.29, 1.82) is 0 Å². The molecule has 2 heterocycles. The first-order chi connectivity index (χ1) is 20.7. The summed E-state index contributed by atoms with van der Waals surface area (Å²) in [6, 6.07) is 15.8. The Labute approximate surface area is 251 Å². The molecule has 0 unspecified atom stereocenters. The van der Waals surface area contributed by atoms with Crippen LogP contribution in [0.2, 0.25) is 0 Å². The number of nitrogens with one attached hydrogen (secondary N) is 2. The molecule has 4 aromatic rings. The van der Waals surface area contributed by atoms with Crippen molar-refractivity contribution in [1.82, 2.24) is 15.6 Å². The molecule has 2 N–H and O–H groups in total. The lowest BCUT2D eigenvalue weighted by Gasteiger charge is -2.34. The number of benzene rings is 2. The molecule has 2 aromatic carbocycles. The number of fused-ring (bicyclic) bond motifs is 5. The van der Waals surface area contributed by atoms with Crippen molar-refractivity contribution in [2.45, 2.75) is 65.1 Å². The molecule has 6 rings (SSSR count). The topological polar surface area (TPSA) is 101 Å². The van der Waals surface area contributed by atoms with E-state index < -0.39 is 11.6 Å². The Morgan fingerprint density at radius 1 is 0.977 bits per heavy atom. The van der Waals surface area contributed by atoms with Crippen molar-refractivity contribution < 1.29 is 18.8 Å². The van der Waals surface area contributed by atoms with E-state index in [0.29, 0.717) is 47.8 Å². The van der Waals surface area contributed by atoms with Gasteiger partial charge in [-0.15, -0.1) is 0 Å². The molecule has 0 saturated heterocycles.